The van der Waals surface area contributed by atoms with E-state index in [0.29, 0.717) is 29.4 Å². The van der Waals surface area contributed by atoms with Crippen LogP contribution in [0.5, 0.6) is 17.2 Å². The zero-order valence-corrected chi connectivity index (χ0v) is 18.2. The molecule has 0 aliphatic carbocycles. The molecule has 0 unspecified atom stereocenters. The quantitative estimate of drug-likeness (QED) is 0.287. The third-order valence-electron chi connectivity index (χ3n) is 3.89. The molecule has 1 heterocycles. The van der Waals surface area contributed by atoms with Gasteiger partial charge in [0.05, 0.1) is 23.5 Å². The molecule has 0 radical (unpaired) electrons. The molecule has 1 amide bonds. The van der Waals surface area contributed by atoms with Gasteiger partial charge in [-0.1, -0.05) is 18.2 Å². The molecule has 8 heteroatoms. The summed E-state index contributed by atoms with van der Waals surface area (Å²) in [5.74, 6) is 1.47. The highest BCUT2D eigenvalue weighted by Gasteiger charge is 2.10. The highest BCUT2D eigenvalue weighted by atomic mass is 127. The summed E-state index contributed by atoms with van der Waals surface area (Å²) in [6.07, 6.45) is 3.23. The van der Waals surface area contributed by atoms with E-state index in [9.17, 15) is 4.79 Å². The number of fused-ring (bicyclic) bond motifs is 1. The number of amides is 1. The van der Waals surface area contributed by atoms with E-state index in [-0.39, 0.29) is 12.5 Å². The van der Waals surface area contributed by atoms with Crippen molar-refractivity contribution in [3.05, 3.63) is 57.8 Å². The van der Waals surface area contributed by atoms with Crippen molar-refractivity contribution in [3.8, 4) is 17.2 Å². The van der Waals surface area contributed by atoms with Crippen molar-refractivity contribution in [2.75, 3.05) is 20.3 Å². The number of nitrogens with one attached hydrogen (secondary N) is 1. The number of benzene rings is 2. The minimum Gasteiger partial charge on any atom is -0.492 e. The molecule has 150 valence electrons. The lowest BCUT2D eigenvalue weighted by Gasteiger charge is -2.11. The summed E-state index contributed by atoms with van der Waals surface area (Å²) in [7, 11) is 1.60. The van der Waals surface area contributed by atoms with Crippen LogP contribution in [-0.2, 0) is 4.79 Å². The van der Waals surface area contributed by atoms with Gasteiger partial charge in [0.25, 0.3) is 5.91 Å². The largest absolute Gasteiger partial charge is 0.492 e. The van der Waals surface area contributed by atoms with Gasteiger partial charge in [-0.05, 0) is 59.3 Å². The second kappa shape index (κ2) is 10.1. The normalized spacial score (nSPS) is 10.9. The maximum Gasteiger partial charge on any atom is 0.277 e. The van der Waals surface area contributed by atoms with Crippen molar-refractivity contribution in [2.45, 2.75) is 6.92 Å². The number of aromatic nitrogens is 1. The predicted molar refractivity (Wildman–Crippen MR) is 120 cm³/mol. The van der Waals surface area contributed by atoms with E-state index in [1.807, 2.05) is 37.3 Å². The second-order valence-electron chi connectivity index (χ2n) is 5.88. The van der Waals surface area contributed by atoms with E-state index in [0.717, 1.165) is 14.5 Å². The smallest absolute Gasteiger partial charge is 0.277 e. The number of hydrogen-bond acceptors (Lipinski definition) is 6. The Morgan fingerprint density at radius 2 is 2.03 bits per heavy atom. The molecule has 0 aliphatic heterocycles. The number of halogens is 1. The zero-order chi connectivity index (χ0) is 20.6. The summed E-state index contributed by atoms with van der Waals surface area (Å²) in [6, 6.07) is 13.1. The number of hydrazone groups is 1. The average molecular weight is 505 g/mol. The predicted octanol–water partition coefficient (Wildman–Crippen LogP) is 3.78. The Hall–Kier alpha value is -2.88. The molecule has 7 nitrogen and oxygen atoms in total. The third kappa shape index (κ3) is 5.35. The summed E-state index contributed by atoms with van der Waals surface area (Å²) in [5.41, 5.74) is 3.95. The lowest BCUT2D eigenvalue weighted by Crippen LogP contribution is -2.24. The van der Waals surface area contributed by atoms with Crippen molar-refractivity contribution in [3.63, 3.8) is 0 Å². The Balaban J connectivity index is 1.61. The van der Waals surface area contributed by atoms with Crippen molar-refractivity contribution >= 4 is 45.6 Å². The van der Waals surface area contributed by atoms with E-state index in [4.69, 9.17) is 14.2 Å². The number of nitrogens with zero attached hydrogens (tertiary/aromatic N) is 2. The molecule has 0 saturated heterocycles. The number of rotatable bonds is 8. The maximum absolute atomic E-state index is 12.1. The second-order valence-corrected chi connectivity index (χ2v) is 7.04. The molecule has 0 atom stereocenters. The first-order chi connectivity index (χ1) is 14.1. The first-order valence-electron chi connectivity index (χ1n) is 8.91. The van der Waals surface area contributed by atoms with Gasteiger partial charge in [0.15, 0.2) is 18.1 Å². The summed E-state index contributed by atoms with van der Waals surface area (Å²) >= 11 is 2.16. The Bertz CT molecular complexity index is 1030. The summed E-state index contributed by atoms with van der Waals surface area (Å²) in [6.45, 7) is 2.25. The van der Waals surface area contributed by atoms with Crippen LogP contribution in [0.1, 0.15) is 12.5 Å². The van der Waals surface area contributed by atoms with Gasteiger partial charge >= 0.3 is 0 Å². The first-order valence-corrected chi connectivity index (χ1v) is 9.99. The van der Waals surface area contributed by atoms with E-state index in [1.165, 1.54) is 0 Å². The number of carbonyl (C=O) groups excluding carboxylic acids is 1. The average Bonchev–Trinajstić information content (AvgIpc) is 2.72. The molecule has 2 aromatic carbocycles. The van der Waals surface area contributed by atoms with Gasteiger partial charge in [-0.25, -0.2) is 5.43 Å². The highest BCUT2D eigenvalue weighted by molar-refractivity contribution is 14.1. The van der Waals surface area contributed by atoms with Gasteiger partial charge in [0.2, 0.25) is 0 Å². The van der Waals surface area contributed by atoms with Gasteiger partial charge in [0.1, 0.15) is 11.3 Å². The molecule has 3 rings (SSSR count). The first kappa shape index (κ1) is 20.8. The SMILES string of the molecule is CCOc1cc(/C=N\NC(=O)COc2cccc3cccnc23)cc(I)c1OC. The molecule has 29 heavy (non-hydrogen) atoms. The number of carbonyl (C=O) groups is 1. The van der Waals surface area contributed by atoms with Crippen LogP contribution in [0.15, 0.2) is 53.8 Å². The lowest BCUT2D eigenvalue weighted by molar-refractivity contribution is -0.123. The van der Waals surface area contributed by atoms with Crippen molar-refractivity contribution < 1.29 is 19.0 Å². The molecule has 1 N–H and O–H groups in total. The van der Waals surface area contributed by atoms with Crippen LogP contribution < -0.4 is 19.6 Å². The van der Waals surface area contributed by atoms with Crippen molar-refractivity contribution in [1.29, 1.82) is 0 Å². The van der Waals surface area contributed by atoms with Gasteiger partial charge in [0, 0.05) is 11.6 Å². The summed E-state index contributed by atoms with van der Waals surface area (Å²) < 4.78 is 17.4. The van der Waals surface area contributed by atoms with Gasteiger partial charge < -0.3 is 14.2 Å². The van der Waals surface area contributed by atoms with E-state index >= 15 is 0 Å². The van der Waals surface area contributed by atoms with E-state index in [2.05, 4.69) is 38.1 Å². The molecule has 0 bridgehead atoms. The molecule has 3 aromatic rings. The van der Waals surface area contributed by atoms with Gasteiger partial charge in [-0.3, -0.25) is 9.78 Å². The Morgan fingerprint density at radius 1 is 1.21 bits per heavy atom. The molecule has 0 saturated carbocycles. The number of methoxy groups -OCH3 is 1. The van der Waals surface area contributed by atoms with Crippen LogP contribution in [0.2, 0.25) is 0 Å². The molecule has 0 aliphatic rings. The number of ether oxygens (including phenoxy) is 3. The van der Waals surface area contributed by atoms with Crippen LogP contribution in [-0.4, -0.2) is 37.4 Å². The number of para-hydroxylation sites is 1. The van der Waals surface area contributed by atoms with Crippen LogP contribution in [0.25, 0.3) is 10.9 Å². The zero-order valence-electron chi connectivity index (χ0n) is 16.0. The topological polar surface area (TPSA) is 82.0 Å². The fourth-order valence-electron chi connectivity index (χ4n) is 2.67. The standard InChI is InChI=1S/C21H20IN3O4/c1-3-28-18-11-14(10-16(22)21(18)27-2)12-24-25-19(26)13-29-17-8-4-6-15-7-5-9-23-20(15)17/h4-12H,3,13H2,1-2H3,(H,25,26)/b24-12-. The molecule has 0 fully saturated rings. The Kier molecular flexibility index (Phi) is 7.23. The van der Waals surface area contributed by atoms with Crippen LogP contribution in [0.4, 0.5) is 0 Å². The van der Waals surface area contributed by atoms with Gasteiger partial charge in [-0.2, -0.15) is 5.10 Å². The number of pyridine rings is 1. The fourth-order valence-corrected chi connectivity index (χ4v) is 3.52. The molecular formula is C21H20IN3O4. The Labute approximate surface area is 182 Å². The van der Waals surface area contributed by atoms with Crippen LogP contribution in [0.3, 0.4) is 0 Å². The highest BCUT2D eigenvalue weighted by Crippen LogP contribution is 2.33. The van der Waals surface area contributed by atoms with E-state index < -0.39 is 0 Å². The number of hydrogen-bond donors (Lipinski definition) is 1. The monoisotopic (exact) mass is 505 g/mol. The molecule has 0 spiro atoms. The maximum atomic E-state index is 12.1. The molecule has 1 aromatic heterocycles. The fraction of sp³-hybridized carbons (Fsp3) is 0.190. The lowest BCUT2D eigenvalue weighted by atomic mass is 10.2. The van der Waals surface area contributed by atoms with Crippen LogP contribution in [0, 0.1) is 3.57 Å². The van der Waals surface area contributed by atoms with Gasteiger partial charge in [-0.15, -0.1) is 0 Å². The minimum atomic E-state index is -0.373. The Morgan fingerprint density at radius 3 is 2.83 bits per heavy atom. The third-order valence-corrected chi connectivity index (χ3v) is 4.69. The molecular weight excluding hydrogens is 485 g/mol. The van der Waals surface area contributed by atoms with E-state index in [1.54, 1.807) is 31.7 Å². The summed E-state index contributed by atoms with van der Waals surface area (Å²) in [5, 5.41) is 4.94. The summed E-state index contributed by atoms with van der Waals surface area (Å²) in [4.78, 5) is 16.4. The van der Waals surface area contributed by atoms with Crippen molar-refractivity contribution in [2.24, 2.45) is 5.10 Å². The van der Waals surface area contributed by atoms with Crippen LogP contribution >= 0.6 is 22.6 Å². The minimum absolute atomic E-state index is 0.169. The van der Waals surface area contributed by atoms with Crippen molar-refractivity contribution in [1.82, 2.24) is 10.4 Å².